The summed E-state index contributed by atoms with van der Waals surface area (Å²) in [5, 5.41) is 0. The zero-order valence-corrected chi connectivity index (χ0v) is 7.37. The van der Waals surface area contributed by atoms with Gasteiger partial charge in [0.1, 0.15) is 0 Å². The molecular formula is C8H16O3. The molecule has 0 aliphatic carbocycles. The quantitative estimate of drug-likeness (QED) is 0.613. The van der Waals surface area contributed by atoms with Crippen LogP contribution >= 0.6 is 0 Å². The van der Waals surface area contributed by atoms with Crippen LogP contribution in [0.15, 0.2) is 0 Å². The summed E-state index contributed by atoms with van der Waals surface area (Å²) in [6.07, 6.45) is -0.0649. The maximum atomic E-state index is 5.38. The third-order valence-electron chi connectivity index (χ3n) is 2.20. The molecule has 0 bridgehead atoms. The Morgan fingerprint density at radius 3 is 2.73 bits per heavy atom. The van der Waals surface area contributed by atoms with E-state index >= 15 is 0 Å². The summed E-state index contributed by atoms with van der Waals surface area (Å²) in [6, 6.07) is 0. The number of rotatable bonds is 3. The van der Waals surface area contributed by atoms with Crippen LogP contribution in [0.1, 0.15) is 6.92 Å². The SMILES string of the molecule is COCC1C(C)COC1OC. The van der Waals surface area contributed by atoms with E-state index in [-0.39, 0.29) is 6.29 Å². The molecule has 66 valence electrons. The van der Waals surface area contributed by atoms with E-state index in [1.54, 1.807) is 14.2 Å². The Morgan fingerprint density at radius 1 is 1.45 bits per heavy atom. The van der Waals surface area contributed by atoms with Crippen molar-refractivity contribution in [2.45, 2.75) is 13.2 Å². The summed E-state index contributed by atoms with van der Waals surface area (Å²) in [5.41, 5.74) is 0. The van der Waals surface area contributed by atoms with Crippen LogP contribution in [0.5, 0.6) is 0 Å². The van der Waals surface area contributed by atoms with Gasteiger partial charge in [0.25, 0.3) is 0 Å². The maximum absolute atomic E-state index is 5.38. The fourth-order valence-electron chi connectivity index (χ4n) is 1.44. The number of ether oxygens (including phenoxy) is 3. The standard InChI is InChI=1S/C8H16O3/c1-6-4-11-8(10-3)7(6)5-9-2/h6-8H,4-5H2,1-3H3. The van der Waals surface area contributed by atoms with E-state index in [4.69, 9.17) is 14.2 Å². The molecule has 3 unspecified atom stereocenters. The molecule has 1 aliphatic heterocycles. The van der Waals surface area contributed by atoms with Gasteiger partial charge in [0.2, 0.25) is 0 Å². The van der Waals surface area contributed by atoms with Crippen LogP contribution in [0.3, 0.4) is 0 Å². The van der Waals surface area contributed by atoms with Gasteiger partial charge in [0.15, 0.2) is 6.29 Å². The molecule has 0 spiro atoms. The van der Waals surface area contributed by atoms with Gasteiger partial charge >= 0.3 is 0 Å². The average molecular weight is 160 g/mol. The normalized spacial score (nSPS) is 37.9. The molecule has 1 heterocycles. The second-order valence-electron chi connectivity index (χ2n) is 3.03. The van der Waals surface area contributed by atoms with Gasteiger partial charge in [-0.05, 0) is 5.92 Å². The van der Waals surface area contributed by atoms with Crippen molar-refractivity contribution in [1.29, 1.82) is 0 Å². The van der Waals surface area contributed by atoms with Gasteiger partial charge in [-0.15, -0.1) is 0 Å². The molecular weight excluding hydrogens is 144 g/mol. The van der Waals surface area contributed by atoms with Crippen LogP contribution < -0.4 is 0 Å². The fraction of sp³-hybridized carbons (Fsp3) is 1.00. The monoisotopic (exact) mass is 160 g/mol. The van der Waals surface area contributed by atoms with Crippen LogP contribution in [-0.4, -0.2) is 33.7 Å². The van der Waals surface area contributed by atoms with E-state index < -0.39 is 0 Å². The highest BCUT2D eigenvalue weighted by Gasteiger charge is 2.34. The minimum atomic E-state index is -0.0649. The molecule has 0 aromatic carbocycles. The van der Waals surface area contributed by atoms with E-state index in [1.807, 2.05) is 0 Å². The summed E-state index contributed by atoms with van der Waals surface area (Å²) in [6.45, 7) is 3.66. The van der Waals surface area contributed by atoms with Crippen molar-refractivity contribution >= 4 is 0 Å². The van der Waals surface area contributed by atoms with Gasteiger partial charge in [-0.3, -0.25) is 0 Å². The number of methoxy groups -OCH3 is 2. The lowest BCUT2D eigenvalue weighted by Gasteiger charge is -2.18. The molecule has 1 rings (SSSR count). The largest absolute Gasteiger partial charge is 0.384 e. The molecule has 1 fully saturated rings. The zero-order valence-electron chi connectivity index (χ0n) is 7.37. The van der Waals surface area contributed by atoms with Crippen molar-refractivity contribution in [3.8, 4) is 0 Å². The van der Waals surface area contributed by atoms with E-state index in [1.165, 1.54) is 0 Å². The number of hydrogen-bond acceptors (Lipinski definition) is 3. The molecule has 3 atom stereocenters. The van der Waals surface area contributed by atoms with Crippen LogP contribution in [0, 0.1) is 11.8 Å². The molecule has 1 aliphatic rings. The van der Waals surface area contributed by atoms with Gasteiger partial charge in [0.05, 0.1) is 13.2 Å². The Morgan fingerprint density at radius 2 is 2.18 bits per heavy atom. The minimum Gasteiger partial charge on any atom is -0.384 e. The topological polar surface area (TPSA) is 27.7 Å². The fourth-order valence-corrected chi connectivity index (χ4v) is 1.44. The van der Waals surface area contributed by atoms with E-state index in [0.29, 0.717) is 11.8 Å². The Labute approximate surface area is 67.6 Å². The highest BCUT2D eigenvalue weighted by Crippen LogP contribution is 2.27. The summed E-state index contributed by atoms with van der Waals surface area (Å²) >= 11 is 0. The number of hydrogen-bond donors (Lipinski definition) is 0. The van der Waals surface area contributed by atoms with Crippen molar-refractivity contribution < 1.29 is 14.2 Å². The second kappa shape index (κ2) is 4.04. The lowest BCUT2D eigenvalue weighted by Crippen LogP contribution is -2.25. The minimum absolute atomic E-state index is 0.0649. The predicted molar refractivity (Wildman–Crippen MR) is 41.3 cm³/mol. The van der Waals surface area contributed by atoms with Gasteiger partial charge in [0, 0.05) is 20.1 Å². The van der Waals surface area contributed by atoms with Crippen LogP contribution in [0.2, 0.25) is 0 Å². The van der Waals surface area contributed by atoms with E-state index in [9.17, 15) is 0 Å². The van der Waals surface area contributed by atoms with Crippen molar-refractivity contribution in [2.24, 2.45) is 11.8 Å². The molecule has 0 aromatic rings. The van der Waals surface area contributed by atoms with Crippen molar-refractivity contribution in [2.75, 3.05) is 27.4 Å². The molecule has 3 nitrogen and oxygen atoms in total. The van der Waals surface area contributed by atoms with Crippen molar-refractivity contribution in [3.05, 3.63) is 0 Å². The average Bonchev–Trinajstić information content (AvgIpc) is 2.34. The van der Waals surface area contributed by atoms with Gasteiger partial charge < -0.3 is 14.2 Å². The molecule has 11 heavy (non-hydrogen) atoms. The predicted octanol–water partition coefficient (Wildman–Crippen LogP) is 0.888. The summed E-state index contributed by atoms with van der Waals surface area (Å²) in [5.74, 6) is 0.935. The zero-order chi connectivity index (χ0) is 8.27. The lowest BCUT2D eigenvalue weighted by molar-refractivity contribution is -0.119. The summed E-state index contributed by atoms with van der Waals surface area (Å²) in [7, 11) is 3.38. The molecule has 0 radical (unpaired) electrons. The molecule has 0 aromatic heterocycles. The first-order chi connectivity index (χ1) is 5.29. The maximum Gasteiger partial charge on any atom is 0.162 e. The molecule has 0 N–H and O–H groups in total. The lowest BCUT2D eigenvalue weighted by atomic mass is 9.98. The Balaban J connectivity index is 2.42. The van der Waals surface area contributed by atoms with E-state index in [2.05, 4.69) is 6.92 Å². The second-order valence-corrected chi connectivity index (χ2v) is 3.03. The van der Waals surface area contributed by atoms with Crippen LogP contribution in [0.4, 0.5) is 0 Å². The molecule has 0 amide bonds. The third-order valence-corrected chi connectivity index (χ3v) is 2.20. The van der Waals surface area contributed by atoms with Crippen molar-refractivity contribution in [1.82, 2.24) is 0 Å². The molecule has 1 saturated heterocycles. The third kappa shape index (κ3) is 1.92. The van der Waals surface area contributed by atoms with E-state index in [0.717, 1.165) is 13.2 Å². The first kappa shape index (κ1) is 8.97. The van der Waals surface area contributed by atoms with Gasteiger partial charge in [-0.1, -0.05) is 6.92 Å². The Kier molecular flexibility index (Phi) is 3.30. The Hall–Kier alpha value is -0.120. The summed E-state index contributed by atoms with van der Waals surface area (Å²) < 4.78 is 15.6. The smallest absolute Gasteiger partial charge is 0.162 e. The van der Waals surface area contributed by atoms with Gasteiger partial charge in [-0.2, -0.15) is 0 Å². The Bertz CT molecular complexity index is 116. The molecule has 0 saturated carbocycles. The highest BCUT2D eigenvalue weighted by molar-refractivity contribution is 4.75. The molecule has 3 heteroatoms. The first-order valence-corrected chi connectivity index (χ1v) is 3.93. The highest BCUT2D eigenvalue weighted by atomic mass is 16.7. The van der Waals surface area contributed by atoms with Crippen molar-refractivity contribution in [3.63, 3.8) is 0 Å². The van der Waals surface area contributed by atoms with Crippen LogP contribution in [-0.2, 0) is 14.2 Å². The van der Waals surface area contributed by atoms with Crippen LogP contribution in [0.25, 0.3) is 0 Å². The van der Waals surface area contributed by atoms with Gasteiger partial charge in [-0.25, -0.2) is 0 Å². The summed E-state index contributed by atoms with van der Waals surface area (Å²) in [4.78, 5) is 0. The first-order valence-electron chi connectivity index (χ1n) is 3.93.